The molecule has 0 saturated carbocycles. The van der Waals surface area contributed by atoms with E-state index in [4.69, 9.17) is 9.47 Å². The maximum atomic E-state index is 13.4. The van der Waals surface area contributed by atoms with Crippen molar-refractivity contribution in [2.45, 2.75) is 44.3 Å². The van der Waals surface area contributed by atoms with E-state index >= 15 is 0 Å². The van der Waals surface area contributed by atoms with Crippen molar-refractivity contribution >= 4 is 0 Å². The highest BCUT2D eigenvalue weighted by Crippen LogP contribution is 2.36. The molecular weight excluding hydrogens is 355 g/mol. The predicted molar refractivity (Wildman–Crippen MR) is 109 cm³/mol. The van der Waals surface area contributed by atoms with E-state index in [-0.39, 0.29) is 5.82 Å². The number of hydrogen-bond donors (Lipinski definition) is 1. The van der Waals surface area contributed by atoms with Gasteiger partial charge in [-0.1, -0.05) is 18.2 Å². The van der Waals surface area contributed by atoms with E-state index in [1.54, 1.807) is 19.2 Å². The van der Waals surface area contributed by atoms with Gasteiger partial charge in [-0.2, -0.15) is 0 Å². The topological polar surface area (TPSA) is 33.7 Å². The molecule has 0 amide bonds. The molecule has 2 aromatic carbocycles. The van der Waals surface area contributed by atoms with Gasteiger partial charge >= 0.3 is 0 Å². The first-order valence-corrected chi connectivity index (χ1v) is 10.2. The van der Waals surface area contributed by atoms with Gasteiger partial charge in [0.05, 0.1) is 13.7 Å². The Hall–Kier alpha value is -2.11. The lowest BCUT2D eigenvalue weighted by Crippen LogP contribution is -2.49. The van der Waals surface area contributed by atoms with Gasteiger partial charge in [0.2, 0.25) is 0 Å². The number of nitrogens with one attached hydrogen (secondary N) is 1. The molecule has 0 aliphatic carbocycles. The minimum absolute atomic E-state index is 0.173. The number of halogens is 1. The number of piperidine rings is 1. The monoisotopic (exact) mass is 384 g/mol. The maximum absolute atomic E-state index is 13.4. The first-order valence-electron chi connectivity index (χ1n) is 10.2. The van der Waals surface area contributed by atoms with E-state index in [0.717, 1.165) is 31.1 Å². The molecular formula is C23H29FN2O2. The van der Waals surface area contributed by atoms with Gasteiger partial charge in [0.15, 0.2) is 11.5 Å². The van der Waals surface area contributed by atoms with Gasteiger partial charge in [0.25, 0.3) is 0 Å². The third-order valence-corrected chi connectivity index (χ3v) is 6.02. The average molecular weight is 384 g/mol. The number of fused-ring (bicyclic) bond motifs is 1. The Morgan fingerprint density at radius 3 is 2.71 bits per heavy atom. The van der Waals surface area contributed by atoms with Gasteiger partial charge in [-0.25, -0.2) is 4.39 Å². The molecule has 3 atom stereocenters. The molecule has 0 bridgehead atoms. The maximum Gasteiger partial charge on any atom is 0.161 e. The molecule has 2 heterocycles. The summed E-state index contributed by atoms with van der Waals surface area (Å²) in [5, 5.41) is 3.71. The Morgan fingerprint density at radius 2 is 1.96 bits per heavy atom. The standard InChI is InChI=1S/C23H29FN2O2/c1-3-28-21-11-6-16(13-22(21)27-2)15-26-12-4-5-20-23(26)19(14-25-20)17-7-9-18(24)10-8-17/h6-11,13,19-20,23,25H,3-5,12,14-15H2,1-2H3/t19-,20-,23-/m1/s1. The molecule has 0 unspecified atom stereocenters. The Morgan fingerprint density at radius 1 is 1.14 bits per heavy atom. The quantitative estimate of drug-likeness (QED) is 0.818. The predicted octanol–water partition coefficient (Wildman–Crippen LogP) is 3.95. The second kappa shape index (κ2) is 8.50. The summed E-state index contributed by atoms with van der Waals surface area (Å²) in [6.07, 6.45) is 2.39. The number of benzene rings is 2. The van der Waals surface area contributed by atoms with Crippen LogP contribution in [0, 0.1) is 5.82 Å². The largest absolute Gasteiger partial charge is 0.493 e. The van der Waals surface area contributed by atoms with Crippen LogP contribution in [0.15, 0.2) is 42.5 Å². The third-order valence-electron chi connectivity index (χ3n) is 6.02. The summed E-state index contributed by atoms with van der Waals surface area (Å²) in [6, 6.07) is 14.2. The molecule has 4 rings (SSSR count). The van der Waals surface area contributed by atoms with E-state index in [1.165, 1.54) is 24.0 Å². The van der Waals surface area contributed by atoms with Gasteiger partial charge in [0.1, 0.15) is 5.82 Å². The molecule has 0 aromatic heterocycles. The molecule has 4 nitrogen and oxygen atoms in total. The summed E-state index contributed by atoms with van der Waals surface area (Å²) in [4.78, 5) is 2.58. The van der Waals surface area contributed by atoms with E-state index in [2.05, 4.69) is 22.3 Å². The smallest absolute Gasteiger partial charge is 0.161 e. The van der Waals surface area contributed by atoms with Crippen molar-refractivity contribution < 1.29 is 13.9 Å². The summed E-state index contributed by atoms with van der Waals surface area (Å²) >= 11 is 0. The zero-order valence-corrected chi connectivity index (χ0v) is 16.7. The number of nitrogens with zero attached hydrogens (tertiary/aromatic N) is 1. The highest BCUT2D eigenvalue weighted by molar-refractivity contribution is 5.43. The van der Waals surface area contributed by atoms with Crippen LogP contribution in [-0.4, -0.2) is 43.8 Å². The lowest BCUT2D eigenvalue weighted by Gasteiger charge is -2.40. The fourth-order valence-corrected chi connectivity index (χ4v) is 4.77. The van der Waals surface area contributed by atoms with Gasteiger partial charge in [0, 0.05) is 31.1 Å². The molecule has 0 spiro atoms. The number of hydrogen-bond acceptors (Lipinski definition) is 4. The summed E-state index contributed by atoms with van der Waals surface area (Å²) < 4.78 is 24.6. The van der Waals surface area contributed by atoms with Gasteiger partial charge < -0.3 is 14.8 Å². The van der Waals surface area contributed by atoms with Gasteiger partial charge in [-0.3, -0.25) is 4.90 Å². The molecule has 2 fully saturated rings. The van der Waals surface area contributed by atoms with Crippen molar-refractivity contribution in [2.24, 2.45) is 0 Å². The highest BCUT2D eigenvalue weighted by atomic mass is 19.1. The third kappa shape index (κ3) is 3.87. The lowest BCUT2D eigenvalue weighted by atomic mass is 9.86. The molecule has 0 radical (unpaired) electrons. The SMILES string of the molecule is CCOc1ccc(CN2CCC[C@H]3NC[C@H](c4ccc(F)cc4)[C@H]32)cc1OC. The molecule has 2 aliphatic heterocycles. The van der Waals surface area contributed by atoms with Crippen LogP contribution in [0.3, 0.4) is 0 Å². The average Bonchev–Trinajstić information content (AvgIpc) is 3.15. The van der Waals surface area contributed by atoms with E-state index in [9.17, 15) is 4.39 Å². The van der Waals surface area contributed by atoms with Crippen molar-refractivity contribution in [1.82, 2.24) is 10.2 Å². The number of methoxy groups -OCH3 is 1. The molecule has 5 heteroatoms. The van der Waals surface area contributed by atoms with E-state index in [1.807, 2.05) is 25.1 Å². The van der Waals surface area contributed by atoms with Crippen LogP contribution >= 0.6 is 0 Å². The van der Waals surface area contributed by atoms with Crippen molar-refractivity contribution in [3.8, 4) is 11.5 Å². The summed E-state index contributed by atoms with van der Waals surface area (Å²) in [6.45, 7) is 5.50. The lowest BCUT2D eigenvalue weighted by molar-refractivity contribution is 0.120. The zero-order chi connectivity index (χ0) is 19.5. The number of rotatable bonds is 6. The zero-order valence-electron chi connectivity index (χ0n) is 16.7. The van der Waals surface area contributed by atoms with Crippen LogP contribution in [0.1, 0.15) is 36.8 Å². The van der Waals surface area contributed by atoms with E-state index < -0.39 is 0 Å². The number of likely N-dealkylation sites (tertiary alicyclic amines) is 1. The van der Waals surface area contributed by atoms with Crippen molar-refractivity contribution in [1.29, 1.82) is 0 Å². The molecule has 150 valence electrons. The summed E-state index contributed by atoms with van der Waals surface area (Å²) in [5.74, 6) is 1.79. The van der Waals surface area contributed by atoms with Crippen molar-refractivity contribution in [3.63, 3.8) is 0 Å². The molecule has 28 heavy (non-hydrogen) atoms. The minimum Gasteiger partial charge on any atom is -0.493 e. The van der Waals surface area contributed by atoms with Gasteiger partial charge in [-0.05, 0) is 61.7 Å². The molecule has 2 aliphatic rings. The Bertz CT molecular complexity index is 796. The van der Waals surface area contributed by atoms with Crippen LogP contribution in [0.5, 0.6) is 11.5 Å². The van der Waals surface area contributed by atoms with Crippen LogP contribution in [0.4, 0.5) is 4.39 Å². The first-order chi connectivity index (χ1) is 13.7. The Balaban J connectivity index is 1.55. The molecule has 2 saturated heterocycles. The Labute approximate surface area is 166 Å². The van der Waals surface area contributed by atoms with E-state index in [0.29, 0.717) is 24.6 Å². The number of ether oxygens (including phenoxy) is 2. The minimum atomic E-state index is -0.173. The normalized spacial score (nSPS) is 24.8. The first kappa shape index (κ1) is 19.2. The van der Waals surface area contributed by atoms with Crippen LogP contribution in [0.2, 0.25) is 0 Å². The fraction of sp³-hybridized carbons (Fsp3) is 0.478. The summed E-state index contributed by atoms with van der Waals surface area (Å²) in [7, 11) is 1.68. The van der Waals surface area contributed by atoms with Crippen molar-refractivity contribution in [2.75, 3.05) is 26.8 Å². The van der Waals surface area contributed by atoms with Crippen LogP contribution in [-0.2, 0) is 6.54 Å². The second-order valence-corrected chi connectivity index (χ2v) is 7.69. The highest BCUT2D eigenvalue weighted by Gasteiger charge is 2.42. The fourth-order valence-electron chi connectivity index (χ4n) is 4.77. The second-order valence-electron chi connectivity index (χ2n) is 7.69. The van der Waals surface area contributed by atoms with Crippen LogP contribution in [0.25, 0.3) is 0 Å². The Kier molecular flexibility index (Phi) is 5.83. The molecule has 2 aromatic rings. The van der Waals surface area contributed by atoms with Crippen LogP contribution < -0.4 is 14.8 Å². The molecule has 1 N–H and O–H groups in total. The summed E-state index contributed by atoms with van der Waals surface area (Å²) in [5.41, 5.74) is 2.45. The van der Waals surface area contributed by atoms with Gasteiger partial charge in [-0.15, -0.1) is 0 Å². The van der Waals surface area contributed by atoms with Crippen molar-refractivity contribution in [3.05, 3.63) is 59.4 Å².